The third kappa shape index (κ3) is 2.94. The van der Waals surface area contributed by atoms with E-state index in [2.05, 4.69) is 28.1 Å². The number of alkyl halides is 1. The summed E-state index contributed by atoms with van der Waals surface area (Å²) in [5, 5.41) is 0.800. The molecule has 2 aromatic rings. The van der Waals surface area contributed by atoms with Gasteiger partial charge in [-0.2, -0.15) is 0 Å². The molecule has 104 valence electrons. The van der Waals surface area contributed by atoms with E-state index in [0.29, 0.717) is 13.2 Å². The standard InChI is InChI=1S/C16H14BrClO2/c17-13(9-12-3-1-2-4-14(12)18)11-5-6-15-16(10-11)20-8-7-19-15/h1-6,10,13H,7-9H2. The molecule has 0 aromatic heterocycles. The maximum absolute atomic E-state index is 6.21. The number of hydrogen-bond acceptors (Lipinski definition) is 2. The highest BCUT2D eigenvalue weighted by molar-refractivity contribution is 9.09. The SMILES string of the molecule is Clc1ccccc1CC(Br)c1ccc2c(c1)OCCO2. The second-order valence-corrected chi connectivity index (χ2v) is 6.18. The van der Waals surface area contributed by atoms with E-state index < -0.39 is 0 Å². The molecule has 0 N–H and O–H groups in total. The Morgan fingerprint density at radius 2 is 1.80 bits per heavy atom. The smallest absolute Gasteiger partial charge is 0.161 e. The van der Waals surface area contributed by atoms with Crippen LogP contribution in [0.15, 0.2) is 42.5 Å². The van der Waals surface area contributed by atoms with Gasteiger partial charge in [0.1, 0.15) is 13.2 Å². The highest BCUT2D eigenvalue weighted by Gasteiger charge is 2.16. The third-order valence-corrected chi connectivity index (χ3v) is 4.51. The van der Waals surface area contributed by atoms with Crippen LogP contribution in [0.5, 0.6) is 11.5 Å². The molecular formula is C16H14BrClO2. The van der Waals surface area contributed by atoms with E-state index >= 15 is 0 Å². The molecule has 0 saturated carbocycles. The zero-order valence-electron chi connectivity index (χ0n) is 10.8. The van der Waals surface area contributed by atoms with Crippen molar-refractivity contribution in [3.05, 3.63) is 58.6 Å². The van der Waals surface area contributed by atoms with Crippen LogP contribution in [0, 0.1) is 0 Å². The molecule has 4 heteroatoms. The molecule has 0 bridgehead atoms. The summed E-state index contributed by atoms with van der Waals surface area (Å²) in [5.74, 6) is 1.63. The predicted octanol–water partition coefficient (Wildman–Crippen LogP) is 4.79. The monoisotopic (exact) mass is 352 g/mol. The van der Waals surface area contributed by atoms with Gasteiger partial charge >= 0.3 is 0 Å². The lowest BCUT2D eigenvalue weighted by Crippen LogP contribution is -2.15. The van der Waals surface area contributed by atoms with Crippen molar-refractivity contribution < 1.29 is 9.47 Å². The van der Waals surface area contributed by atoms with Crippen LogP contribution >= 0.6 is 27.5 Å². The maximum atomic E-state index is 6.21. The Balaban J connectivity index is 1.80. The summed E-state index contributed by atoms with van der Waals surface area (Å²) in [6.07, 6.45) is 0.833. The minimum atomic E-state index is 0.193. The molecule has 0 spiro atoms. The summed E-state index contributed by atoms with van der Waals surface area (Å²) in [4.78, 5) is 0.193. The molecule has 1 aliphatic heterocycles. The van der Waals surface area contributed by atoms with Gasteiger partial charge in [-0.05, 0) is 35.7 Å². The summed E-state index contributed by atoms with van der Waals surface area (Å²) in [6, 6.07) is 14.0. The topological polar surface area (TPSA) is 18.5 Å². The van der Waals surface area contributed by atoms with E-state index in [4.69, 9.17) is 21.1 Å². The largest absolute Gasteiger partial charge is 0.486 e. The highest BCUT2D eigenvalue weighted by atomic mass is 79.9. The number of ether oxygens (including phenoxy) is 2. The zero-order chi connectivity index (χ0) is 13.9. The quantitative estimate of drug-likeness (QED) is 0.739. The minimum absolute atomic E-state index is 0.193. The lowest BCUT2D eigenvalue weighted by atomic mass is 10.0. The van der Waals surface area contributed by atoms with Crippen LogP contribution in [0.25, 0.3) is 0 Å². The van der Waals surface area contributed by atoms with E-state index in [0.717, 1.165) is 34.1 Å². The fourth-order valence-electron chi connectivity index (χ4n) is 2.23. The molecular weight excluding hydrogens is 340 g/mol. The van der Waals surface area contributed by atoms with Gasteiger partial charge in [0, 0.05) is 9.85 Å². The number of fused-ring (bicyclic) bond motifs is 1. The maximum Gasteiger partial charge on any atom is 0.161 e. The molecule has 0 saturated heterocycles. The fourth-order valence-corrected chi connectivity index (χ4v) is 3.08. The predicted molar refractivity (Wildman–Crippen MR) is 84.3 cm³/mol. The van der Waals surface area contributed by atoms with Crippen molar-refractivity contribution in [2.24, 2.45) is 0 Å². The van der Waals surface area contributed by atoms with E-state index in [1.807, 2.05) is 30.3 Å². The fraction of sp³-hybridized carbons (Fsp3) is 0.250. The normalized spacial score (nSPS) is 14.9. The van der Waals surface area contributed by atoms with Gasteiger partial charge in [-0.15, -0.1) is 0 Å². The van der Waals surface area contributed by atoms with Crippen molar-refractivity contribution in [3.63, 3.8) is 0 Å². The van der Waals surface area contributed by atoms with E-state index in [1.54, 1.807) is 0 Å². The van der Waals surface area contributed by atoms with Crippen molar-refractivity contribution in [1.29, 1.82) is 0 Å². The van der Waals surface area contributed by atoms with Gasteiger partial charge in [0.05, 0.1) is 0 Å². The van der Waals surface area contributed by atoms with Gasteiger partial charge in [0.25, 0.3) is 0 Å². The molecule has 1 atom stereocenters. The van der Waals surface area contributed by atoms with Crippen LogP contribution in [0.3, 0.4) is 0 Å². The number of rotatable bonds is 3. The van der Waals surface area contributed by atoms with E-state index in [1.165, 1.54) is 0 Å². The molecule has 0 fully saturated rings. The summed E-state index contributed by atoms with van der Waals surface area (Å²) >= 11 is 9.94. The molecule has 2 aromatic carbocycles. The van der Waals surface area contributed by atoms with Gasteiger partial charge in [-0.1, -0.05) is 51.8 Å². The first-order valence-corrected chi connectivity index (χ1v) is 7.80. The Morgan fingerprint density at radius 1 is 1.05 bits per heavy atom. The molecule has 1 aliphatic rings. The first-order chi connectivity index (χ1) is 9.74. The first-order valence-electron chi connectivity index (χ1n) is 6.51. The van der Waals surface area contributed by atoms with E-state index in [9.17, 15) is 0 Å². The molecule has 1 unspecified atom stereocenters. The third-order valence-electron chi connectivity index (χ3n) is 3.28. The molecule has 3 rings (SSSR count). The first kappa shape index (κ1) is 13.8. The van der Waals surface area contributed by atoms with Crippen molar-refractivity contribution in [2.75, 3.05) is 13.2 Å². The molecule has 20 heavy (non-hydrogen) atoms. The van der Waals surface area contributed by atoms with Crippen LogP contribution in [0.2, 0.25) is 5.02 Å². The summed E-state index contributed by atoms with van der Waals surface area (Å²) in [5.41, 5.74) is 2.29. The zero-order valence-corrected chi connectivity index (χ0v) is 13.2. The Labute approximate surface area is 131 Å². The van der Waals surface area contributed by atoms with Gasteiger partial charge in [0.2, 0.25) is 0 Å². The van der Waals surface area contributed by atoms with E-state index in [-0.39, 0.29) is 4.83 Å². The summed E-state index contributed by atoms with van der Waals surface area (Å²) in [6.45, 7) is 1.22. The molecule has 0 aliphatic carbocycles. The Hall–Kier alpha value is -1.19. The molecule has 0 radical (unpaired) electrons. The molecule has 2 nitrogen and oxygen atoms in total. The second kappa shape index (κ2) is 6.06. The van der Waals surface area contributed by atoms with Crippen molar-refractivity contribution in [1.82, 2.24) is 0 Å². The van der Waals surface area contributed by atoms with Gasteiger partial charge in [0.15, 0.2) is 11.5 Å². The lowest BCUT2D eigenvalue weighted by molar-refractivity contribution is 0.171. The number of halogens is 2. The van der Waals surface area contributed by atoms with Gasteiger partial charge in [-0.25, -0.2) is 0 Å². The Bertz CT molecular complexity index is 615. The minimum Gasteiger partial charge on any atom is -0.486 e. The van der Waals surface area contributed by atoms with Gasteiger partial charge in [-0.3, -0.25) is 0 Å². The molecule has 0 amide bonds. The average Bonchev–Trinajstić information content (AvgIpc) is 2.49. The van der Waals surface area contributed by atoms with Gasteiger partial charge < -0.3 is 9.47 Å². The summed E-state index contributed by atoms with van der Waals surface area (Å²) in [7, 11) is 0. The Kier molecular flexibility index (Phi) is 4.18. The average molecular weight is 354 g/mol. The van der Waals surface area contributed by atoms with Crippen LogP contribution in [-0.2, 0) is 6.42 Å². The van der Waals surface area contributed by atoms with Crippen LogP contribution in [0.4, 0.5) is 0 Å². The van der Waals surface area contributed by atoms with Crippen molar-refractivity contribution in [2.45, 2.75) is 11.2 Å². The van der Waals surface area contributed by atoms with Crippen LogP contribution in [0.1, 0.15) is 16.0 Å². The second-order valence-electron chi connectivity index (χ2n) is 4.67. The van der Waals surface area contributed by atoms with Crippen molar-refractivity contribution >= 4 is 27.5 Å². The highest BCUT2D eigenvalue weighted by Crippen LogP contribution is 2.36. The number of hydrogen-bond donors (Lipinski definition) is 0. The number of benzene rings is 2. The van der Waals surface area contributed by atoms with Crippen molar-refractivity contribution in [3.8, 4) is 11.5 Å². The molecule has 1 heterocycles. The Morgan fingerprint density at radius 3 is 2.60 bits per heavy atom. The summed E-state index contributed by atoms with van der Waals surface area (Å²) < 4.78 is 11.2. The van der Waals surface area contributed by atoms with Crippen LogP contribution in [-0.4, -0.2) is 13.2 Å². The lowest BCUT2D eigenvalue weighted by Gasteiger charge is -2.20. The van der Waals surface area contributed by atoms with Crippen LogP contribution < -0.4 is 9.47 Å².